The zero-order valence-electron chi connectivity index (χ0n) is 41.5. The number of nitrogens with zero attached hydrogens (tertiary/aromatic N) is 1. The van der Waals surface area contributed by atoms with Crippen LogP contribution in [-0.2, 0) is 21.7 Å². The fourth-order valence-electron chi connectivity index (χ4n) is 12.7. The van der Waals surface area contributed by atoms with Crippen molar-refractivity contribution in [3.8, 4) is 44.5 Å². The van der Waals surface area contributed by atoms with E-state index < -0.39 is 10.8 Å². The topological polar surface area (TPSA) is 3.24 Å². The molecule has 10 aromatic carbocycles. The molecule has 0 fully saturated rings. The first-order valence-electron chi connectivity index (χ1n) is 25.3. The van der Waals surface area contributed by atoms with E-state index in [9.17, 15) is 0 Å². The smallest absolute Gasteiger partial charge is 0.0726 e. The Balaban J connectivity index is 1.08. The lowest BCUT2D eigenvalue weighted by Gasteiger charge is -2.35. The van der Waals surface area contributed by atoms with E-state index in [0.29, 0.717) is 0 Å². The number of hydrogen-bond acceptors (Lipinski definition) is 1. The van der Waals surface area contributed by atoms with Gasteiger partial charge in [0.2, 0.25) is 0 Å². The van der Waals surface area contributed by atoms with Crippen molar-refractivity contribution >= 4 is 17.1 Å². The minimum atomic E-state index is -0.561. The van der Waals surface area contributed by atoms with E-state index in [0.717, 1.165) is 17.1 Å². The fourth-order valence-corrected chi connectivity index (χ4v) is 12.7. The molecule has 2 atom stereocenters. The first kappa shape index (κ1) is 43.1. The van der Waals surface area contributed by atoms with Gasteiger partial charge in [-0.3, -0.25) is 0 Å². The molecule has 0 aliphatic heterocycles. The van der Waals surface area contributed by atoms with Crippen molar-refractivity contribution in [2.24, 2.45) is 0 Å². The van der Waals surface area contributed by atoms with Crippen LogP contribution in [0.2, 0.25) is 0 Å². The quantitative estimate of drug-likeness (QED) is 0.161. The summed E-state index contributed by atoms with van der Waals surface area (Å²) in [5, 5.41) is 0. The molecule has 0 N–H and O–H groups in total. The zero-order chi connectivity index (χ0) is 48.3. The minimum Gasteiger partial charge on any atom is -0.310 e. The number of fused-ring (bicyclic) bond motifs is 13. The third-order valence-electron chi connectivity index (χ3n) is 16.1. The van der Waals surface area contributed by atoms with Crippen LogP contribution >= 0.6 is 0 Å². The van der Waals surface area contributed by atoms with Gasteiger partial charge in [-0.15, -0.1) is 0 Å². The van der Waals surface area contributed by atoms with Gasteiger partial charge in [0.1, 0.15) is 0 Å². The van der Waals surface area contributed by atoms with Gasteiger partial charge in [0.05, 0.1) is 10.8 Å². The Morgan fingerprint density at radius 1 is 0.268 bits per heavy atom. The van der Waals surface area contributed by atoms with Gasteiger partial charge in [0.15, 0.2) is 0 Å². The second kappa shape index (κ2) is 15.8. The number of rotatable bonds is 6. The summed E-state index contributed by atoms with van der Waals surface area (Å²) in [7, 11) is 0. The third kappa shape index (κ3) is 6.32. The van der Waals surface area contributed by atoms with Gasteiger partial charge >= 0.3 is 0 Å². The predicted molar refractivity (Wildman–Crippen MR) is 298 cm³/mol. The summed E-state index contributed by atoms with van der Waals surface area (Å²) in [6, 6.07) is 89.9. The molecule has 342 valence electrons. The fraction of sp³-hybridized carbons (Fsp3) is 0.143. The third-order valence-corrected chi connectivity index (χ3v) is 16.1. The Morgan fingerprint density at radius 3 is 1.15 bits per heavy atom. The molecule has 0 radical (unpaired) electrons. The molecule has 10 aromatic rings. The van der Waals surface area contributed by atoms with Crippen molar-refractivity contribution in [1.82, 2.24) is 0 Å². The standard InChI is InChI=1S/C70H57N/c1-67(2,3)48-31-33-50(34-32-48)69(49-21-11-8-12-22-49)61-26-16-13-23-55(61)59-41-38-53(44-65(59)69)71(52-36-29-47(30-37-52)46-19-9-7-10-20-46)54-39-42-60-57-25-15-18-28-63(57)70(66(60)45-54)62-27-17-14-24-56(62)58-40-35-51(43-64(58)70)68(4,5)6/h7-45H,1-6H3. The maximum Gasteiger partial charge on any atom is 0.0726 e. The highest BCUT2D eigenvalue weighted by atomic mass is 15.1. The summed E-state index contributed by atoms with van der Waals surface area (Å²) in [6.45, 7) is 13.9. The highest BCUT2D eigenvalue weighted by Gasteiger charge is 2.52. The predicted octanol–water partition coefficient (Wildman–Crippen LogP) is 18.1. The van der Waals surface area contributed by atoms with E-state index in [2.05, 4.69) is 283 Å². The Labute approximate surface area is 419 Å². The van der Waals surface area contributed by atoms with E-state index in [1.807, 2.05) is 0 Å². The van der Waals surface area contributed by atoms with Crippen LogP contribution in [0.3, 0.4) is 0 Å². The zero-order valence-corrected chi connectivity index (χ0v) is 41.5. The normalized spacial score (nSPS) is 17.0. The lowest BCUT2D eigenvalue weighted by molar-refractivity contribution is 0.588. The monoisotopic (exact) mass is 911 g/mol. The van der Waals surface area contributed by atoms with Gasteiger partial charge < -0.3 is 4.90 Å². The van der Waals surface area contributed by atoms with Crippen molar-refractivity contribution in [3.05, 3.63) is 292 Å². The number of hydrogen-bond donors (Lipinski definition) is 0. The van der Waals surface area contributed by atoms with Crippen LogP contribution in [0.15, 0.2) is 237 Å². The molecule has 1 heteroatoms. The Hall–Kier alpha value is -8.00. The molecule has 3 aliphatic carbocycles. The van der Waals surface area contributed by atoms with Gasteiger partial charge in [-0.05, 0) is 147 Å². The molecule has 0 saturated carbocycles. The molecule has 1 spiro atoms. The van der Waals surface area contributed by atoms with Gasteiger partial charge in [-0.1, -0.05) is 242 Å². The van der Waals surface area contributed by atoms with E-state index in [-0.39, 0.29) is 10.8 Å². The number of benzene rings is 10. The van der Waals surface area contributed by atoms with E-state index in [1.54, 1.807) is 0 Å². The highest BCUT2D eigenvalue weighted by Crippen LogP contribution is 2.64. The average Bonchev–Trinajstić information content (AvgIpc) is 3.99. The van der Waals surface area contributed by atoms with Crippen molar-refractivity contribution in [2.75, 3.05) is 4.90 Å². The number of anilines is 3. The molecule has 3 aliphatic rings. The molecule has 0 bridgehead atoms. The molecule has 71 heavy (non-hydrogen) atoms. The molecule has 1 nitrogen and oxygen atoms in total. The lowest BCUT2D eigenvalue weighted by Crippen LogP contribution is -2.29. The largest absolute Gasteiger partial charge is 0.310 e. The van der Waals surface area contributed by atoms with Crippen molar-refractivity contribution in [2.45, 2.75) is 63.2 Å². The molecule has 13 rings (SSSR count). The van der Waals surface area contributed by atoms with Crippen LogP contribution in [0.25, 0.3) is 44.5 Å². The summed E-state index contributed by atoms with van der Waals surface area (Å²) in [5.41, 5.74) is 25.7. The van der Waals surface area contributed by atoms with Crippen LogP contribution in [0, 0.1) is 0 Å². The van der Waals surface area contributed by atoms with Crippen LogP contribution in [0.1, 0.15) is 97.2 Å². The van der Waals surface area contributed by atoms with Crippen LogP contribution in [-0.4, -0.2) is 0 Å². The van der Waals surface area contributed by atoms with Crippen LogP contribution in [0.5, 0.6) is 0 Å². The Kier molecular flexibility index (Phi) is 9.55. The van der Waals surface area contributed by atoms with E-state index in [1.165, 1.54) is 100 Å². The average molecular weight is 912 g/mol. The first-order chi connectivity index (χ1) is 34.5. The van der Waals surface area contributed by atoms with Gasteiger partial charge in [0.25, 0.3) is 0 Å². The van der Waals surface area contributed by atoms with E-state index >= 15 is 0 Å². The summed E-state index contributed by atoms with van der Waals surface area (Å²) in [5.74, 6) is 0. The van der Waals surface area contributed by atoms with Crippen LogP contribution < -0.4 is 4.90 Å². The molecule has 2 unspecified atom stereocenters. The summed E-state index contributed by atoms with van der Waals surface area (Å²) >= 11 is 0. The lowest BCUT2D eigenvalue weighted by atomic mass is 9.67. The van der Waals surface area contributed by atoms with Gasteiger partial charge in [-0.25, -0.2) is 0 Å². The maximum atomic E-state index is 2.54. The molecular weight excluding hydrogens is 855 g/mol. The summed E-state index contributed by atoms with van der Waals surface area (Å²) < 4.78 is 0. The minimum absolute atomic E-state index is 0.0205. The van der Waals surface area contributed by atoms with Crippen molar-refractivity contribution < 1.29 is 0 Å². The molecule has 0 saturated heterocycles. The summed E-state index contributed by atoms with van der Waals surface area (Å²) in [6.07, 6.45) is 0. The Bertz CT molecular complexity index is 3690. The molecular formula is C70H57N. The molecule has 0 aromatic heterocycles. The first-order valence-corrected chi connectivity index (χ1v) is 25.3. The molecule has 0 heterocycles. The van der Waals surface area contributed by atoms with Crippen molar-refractivity contribution in [3.63, 3.8) is 0 Å². The summed E-state index contributed by atoms with van der Waals surface area (Å²) in [4.78, 5) is 2.51. The Morgan fingerprint density at radius 2 is 0.634 bits per heavy atom. The maximum absolute atomic E-state index is 2.54. The van der Waals surface area contributed by atoms with Crippen LogP contribution in [0.4, 0.5) is 17.1 Å². The molecule has 0 amide bonds. The van der Waals surface area contributed by atoms with Gasteiger partial charge in [-0.2, -0.15) is 0 Å². The van der Waals surface area contributed by atoms with Crippen molar-refractivity contribution in [1.29, 1.82) is 0 Å². The second-order valence-electron chi connectivity index (χ2n) is 22.0. The highest BCUT2D eigenvalue weighted by molar-refractivity contribution is 5.97. The van der Waals surface area contributed by atoms with Gasteiger partial charge in [0, 0.05) is 17.1 Å². The SMILES string of the molecule is CC(C)(C)c1ccc(C2(c3ccccc3)c3ccccc3-c3ccc(N(c4ccc(-c5ccccc5)cc4)c4ccc5c(c4)C4(c6ccccc6-5)c5ccccc5-c5ccc(C(C)(C)C)cc54)cc32)cc1. The second-order valence-corrected chi connectivity index (χ2v) is 22.0. The van der Waals surface area contributed by atoms with E-state index in [4.69, 9.17) is 0 Å².